The summed E-state index contributed by atoms with van der Waals surface area (Å²) >= 11 is 0. The minimum absolute atomic E-state index is 0.164. The van der Waals surface area contributed by atoms with E-state index in [9.17, 15) is 0 Å². The smallest absolute Gasteiger partial charge is 0.142 e. The Bertz CT molecular complexity index is 340. The molecule has 0 aliphatic heterocycles. The Balaban J connectivity index is 2.63. The summed E-state index contributed by atoms with van der Waals surface area (Å²) in [5.41, 5.74) is 1.96. The molecule has 0 aliphatic carbocycles. The number of pyridine rings is 1. The summed E-state index contributed by atoms with van der Waals surface area (Å²) in [4.78, 5) is 4.50. The minimum atomic E-state index is 0.164. The van der Waals surface area contributed by atoms with Crippen molar-refractivity contribution in [3.05, 3.63) is 23.5 Å². The van der Waals surface area contributed by atoms with Gasteiger partial charge in [-0.25, -0.2) is 0 Å². The highest BCUT2D eigenvalue weighted by Crippen LogP contribution is 2.18. The molecule has 0 radical (unpaired) electrons. The third kappa shape index (κ3) is 5.15. The lowest BCUT2D eigenvalue weighted by molar-refractivity contribution is 0.198. The predicted molar refractivity (Wildman–Crippen MR) is 68.3 cm³/mol. The number of methoxy groups -OCH3 is 1. The molecule has 1 heterocycles. The van der Waals surface area contributed by atoms with Crippen molar-refractivity contribution in [3.8, 4) is 5.75 Å². The predicted octanol–water partition coefficient (Wildman–Crippen LogP) is 1.91. The highest BCUT2D eigenvalue weighted by Gasteiger charge is 2.07. The van der Waals surface area contributed by atoms with Crippen LogP contribution in [-0.2, 0) is 11.3 Å². The third-order valence-electron chi connectivity index (χ3n) is 2.21. The van der Waals surface area contributed by atoms with Gasteiger partial charge in [-0.05, 0) is 32.9 Å². The molecule has 0 saturated heterocycles. The Labute approximate surface area is 103 Å². The van der Waals surface area contributed by atoms with E-state index >= 15 is 0 Å². The molecule has 4 nitrogen and oxygen atoms in total. The van der Waals surface area contributed by atoms with Crippen LogP contribution < -0.4 is 10.1 Å². The van der Waals surface area contributed by atoms with Gasteiger partial charge in [-0.15, -0.1) is 0 Å². The van der Waals surface area contributed by atoms with Gasteiger partial charge in [-0.2, -0.15) is 0 Å². The van der Waals surface area contributed by atoms with Gasteiger partial charge >= 0.3 is 0 Å². The maximum absolute atomic E-state index is 5.72. The monoisotopic (exact) mass is 238 g/mol. The Morgan fingerprint density at radius 1 is 1.35 bits per heavy atom. The number of aryl methyl sites for hydroxylation is 1. The molecule has 4 heteroatoms. The lowest BCUT2D eigenvalue weighted by atomic mass is 10.2. The van der Waals surface area contributed by atoms with E-state index in [1.54, 1.807) is 7.11 Å². The van der Waals surface area contributed by atoms with Crippen LogP contribution in [0.1, 0.15) is 25.2 Å². The normalized spacial score (nSPS) is 10.9. The van der Waals surface area contributed by atoms with Crippen molar-refractivity contribution in [2.45, 2.75) is 33.4 Å². The topological polar surface area (TPSA) is 43.4 Å². The molecule has 0 saturated carbocycles. The van der Waals surface area contributed by atoms with Crippen molar-refractivity contribution in [1.82, 2.24) is 10.3 Å². The lowest BCUT2D eigenvalue weighted by Gasteiger charge is -2.14. The number of rotatable bonds is 7. The van der Waals surface area contributed by atoms with E-state index in [-0.39, 0.29) is 6.10 Å². The van der Waals surface area contributed by atoms with Gasteiger partial charge in [0.25, 0.3) is 0 Å². The van der Waals surface area contributed by atoms with E-state index in [0.29, 0.717) is 13.2 Å². The quantitative estimate of drug-likeness (QED) is 0.737. The standard InChI is InChI=1S/C13H22N2O2/c1-10(2)17-13-6-5-11(3)15-12(13)9-14-7-8-16-4/h5-6,10,14H,7-9H2,1-4H3. The molecule has 1 aromatic heterocycles. The molecule has 1 N–H and O–H groups in total. The Morgan fingerprint density at radius 2 is 2.12 bits per heavy atom. The summed E-state index contributed by atoms with van der Waals surface area (Å²) in [5.74, 6) is 0.857. The van der Waals surface area contributed by atoms with Crippen molar-refractivity contribution in [2.75, 3.05) is 20.3 Å². The second-order valence-electron chi connectivity index (χ2n) is 4.23. The molecule has 0 aliphatic rings. The number of hydrogen-bond donors (Lipinski definition) is 1. The van der Waals surface area contributed by atoms with Crippen LogP contribution in [0, 0.1) is 6.92 Å². The molecular formula is C13H22N2O2. The first kappa shape index (κ1) is 13.9. The van der Waals surface area contributed by atoms with E-state index in [1.807, 2.05) is 32.9 Å². The first-order chi connectivity index (χ1) is 8.13. The van der Waals surface area contributed by atoms with Crippen molar-refractivity contribution in [3.63, 3.8) is 0 Å². The highest BCUT2D eigenvalue weighted by atomic mass is 16.5. The van der Waals surface area contributed by atoms with Crippen molar-refractivity contribution >= 4 is 0 Å². The van der Waals surface area contributed by atoms with Crippen LogP contribution in [0.15, 0.2) is 12.1 Å². The third-order valence-corrected chi connectivity index (χ3v) is 2.21. The summed E-state index contributed by atoms with van der Waals surface area (Å²) < 4.78 is 10.7. The van der Waals surface area contributed by atoms with Gasteiger partial charge in [-0.1, -0.05) is 0 Å². The molecule has 0 aromatic carbocycles. The van der Waals surface area contributed by atoms with Gasteiger partial charge in [0.2, 0.25) is 0 Å². The molecule has 0 unspecified atom stereocenters. The Morgan fingerprint density at radius 3 is 2.76 bits per heavy atom. The average molecular weight is 238 g/mol. The fourth-order valence-corrected chi connectivity index (χ4v) is 1.47. The second-order valence-corrected chi connectivity index (χ2v) is 4.23. The number of nitrogens with one attached hydrogen (secondary N) is 1. The molecule has 0 atom stereocenters. The van der Waals surface area contributed by atoms with Crippen LogP contribution in [0.3, 0.4) is 0 Å². The zero-order chi connectivity index (χ0) is 12.7. The molecule has 17 heavy (non-hydrogen) atoms. The van der Waals surface area contributed by atoms with Crippen LogP contribution in [0.5, 0.6) is 5.75 Å². The van der Waals surface area contributed by atoms with Gasteiger partial charge < -0.3 is 14.8 Å². The molecule has 0 fully saturated rings. The summed E-state index contributed by atoms with van der Waals surface area (Å²) in [7, 11) is 1.69. The summed E-state index contributed by atoms with van der Waals surface area (Å²) in [5, 5.41) is 3.28. The zero-order valence-corrected chi connectivity index (χ0v) is 11.1. The van der Waals surface area contributed by atoms with Crippen LogP contribution in [0.4, 0.5) is 0 Å². The molecule has 1 rings (SSSR count). The molecule has 1 aromatic rings. The number of hydrogen-bond acceptors (Lipinski definition) is 4. The summed E-state index contributed by atoms with van der Waals surface area (Å²) in [6.07, 6.45) is 0.164. The fourth-order valence-electron chi connectivity index (χ4n) is 1.47. The molecular weight excluding hydrogens is 216 g/mol. The van der Waals surface area contributed by atoms with E-state index in [4.69, 9.17) is 9.47 Å². The van der Waals surface area contributed by atoms with Crippen molar-refractivity contribution < 1.29 is 9.47 Å². The van der Waals surface area contributed by atoms with Crippen LogP contribution >= 0.6 is 0 Å². The Hall–Kier alpha value is -1.13. The first-order valence-corrected chi connectivity index (χ1v) is 5.96. The SMILES string of the molecule is COCCNCc1nc(C)ccc1OC(C)C. The lowest BCUT2D eigenvalue weighted by Crippen LogP contribution is -2.20. The van der Waals surface area contributed by atoms with Gasteiger partial charge in [0.1, 0.15) is 5.75 Å². The zero-order valence-electron chi connectivity index (χ0n) is 11.1. The van der Waals surface area contributed by atoms with E-state index in [2.05, 4.69) is 10.3 Å². The maximum atomic E-state index is 5.72. The highest BCUT2D eigenvalue weighted by molar-refractivity contribution is 5.29. The molecule has 96 valence electrons. The van der Waals surface area contributed by atoms with Gasteiger partial charge in [0.05, 0.1) is 18.4 Å². The van der Waals surface area contributed by atoms with Crippen molar-refractivity contribution in [2.24, 2.45) is 0 Å². The van der Waals surface area contributed by atoms with E-state index < -0.39 is 0 Å². The number of ether oxygens (including phenoxy) is 2. The molecule has 0 amide bonds. The Kier molecular flexibility index (Phi) is 5.94. The number of nitrogens with zero attached hydrogens (tertiary/aromatic N) is 1. The summed E-state index contributed by atoms with van der Waals surface area (Å²) in [6, 6.07) is 3.95. The number of aromatic nitrogens is 1. The molecule has 0 bridgehead atoms. The van der Waals surface area contributed by atoms with Crippen LogP contribution in [0.25, 0.3) is 0 Å². The van der Waals surface area contributed by atoms with Gasteiger partial charge in [0, 0.05) is 25.9 Å². The van der Waals surface area contributed by atoms with Crippen molar-refractivity contribution in [1.29, 1.82) is 0 Å². The average Bonchev–Trinajstić information content (AvgIpc) is 2.27. The largest absolute Gasteiger partial charge is 0.489 e. The minimum Gasteiger partial charge on any atom is -0.489 e. The molecule has 0 spiro atoms. The van der Waals surface area contributed by atoms with Gasteiger partial charge in [-0.3, -0.25) is 4.98 Å². The first-order valence-electron chi connectivity index (χ1n) is 5.96. The van der Waals surface area contributed by atoms with E-state index in [1.165, 1.54) is 0 Å². The maximum Gasteiger partial charge on any atom is 0.142 e. The van der Waals surface area contributed by atoms with Crippen LogP contribution in [-0.4, -0.2) is 31.3 Å². The van der Waals surface area contributed by atoms with E-state index in [0.717, 1.165) is 23.7 Å². The second kappa shape index (κ2) is 7.25. The summed E-state index contributed by atoms with van der Waals surface area (Å²) in [6.45, 7) is 8.23. The van der Waals surface area contributed by atoms with Crippen LogP contribution in [0.2, 0.25) is 0 Å². The fraction of sp³-hybridized carbons (Fsp3) is 0.615. The van der Waals surface area contributed by atoms with Gasteiger partial charge in [0.15, 0.2) is 0 Å².